The fraction of sp³-hybridized carbons (Fsp3) is 0.409. The first kappa shape index (κ1) is 22.4. The van der Waals surface area contributed by atoms with E-state index < -0.39 is 35.5 Å². The van der Waals surface area contributed by atoms with Crippen LogP contribution in [0.2, 0.25) is 0 Å². The number of nitrogens with zero attached hydrogens (tertiary/aromatic N) is 1. The molecule has 4 nitrogen and oxygen atoms in total. The van der Waals surface area contributed by atoms with Gasteiger partial charge in [-0.15, -0.1) is 0 Å². The molecule has 8 heteroatoms. The second kappa shape index (κ2) is 8.83. The molecule has 1 fully saturated rings. The fourth-order valence-electron chi connectivity index (χ4n) is 3.75. The highest BCUT2D eigenvalue weighted by molar-refractivity contribution is 5.99. The summed E-state index contributed by atoms with van der Waals surface area (Å²) in [6, 6.07) is 12.8. The smallest absolute Gasteiger partial charge is 0.385 e. The van der Waals surface area contributed by atoms with E-state index >= 15 is 0 Å². The first-order valence-electron chi connectivity index (χ1n) is 9.73. The number of ketones is 1. The Morgan fingerprint density at radius 2 is 1.73 bits per heavy atom. The average Bonchev–Trinajstić information content (AvgIpc) is 2.73. The number of carbonyl (C=O) groups excluding carboxylic acids is 1. The molecule has 3 N–H and O–H groups in total. The summed E-state index contributed by atoms with van der Waals surface area (Å²) in [5.41, 5.74) is 4.33. The highest BCUT2D eigenvalue weighted by Gasteiger charge is 2.38. The summed E-state index contributed by atoms with van der Waals surface area (Å²) in [7, 11) is 0. The highest BCUT2D eigenvalue weighted by atomic mass is 19.4. The van der Waals surface area contributed by atoms with Crippen molar-refractivity contribution in [2.75, 3.05) is 13.1 Å². The Balaban J connectivity index is 1.60. The molecule has 1 aliphatic heterocycles. The van der Waals surface area contributed by atoms with Gasteiger partial charge in [-0.05, 0) is 30.5 Å². The minimum absolute atomic E-state index is 0.158. The van der Waals surface area contributed by atoms with Crippen molar-refractivity contribution in [3.8, 4) is 0 Å². The number of alkyl halides is 4. The number of hydrogen-bond acceptors (Lipinski definition) is 4. The van der Waals surface area contributed by atoms with Crippen LogP contribution >= 0.6 is 0 Å². The van der Waals surface area contributed by atoms with E-state index in [-0.39, 0.29) is 43.5 Å². The first-order chi connectivity index (χ1) is 14.1. The third kappa shape index (κ3) is 5.06. The van der Waals surface area contributed by atoms with E-state index in [9.17, 15) is 27.5 Å². The third-order valence-corrected chi connectivity index (χ3v) is 5.61. The quantitative estimate of drug-likeness (QED) is 0.546. The highest BCUT2D eigenvalue weighted by Crippen LogP contribution is 2.37. The van der Waals surface area contributed by atoms with Gasteiger partial charge in [0.15, 0.2) is 12.0 Å². The fourth-order valence-corrected chi connectivity index (χ4v) is 3.75. The zero-order valence-corrected chi connectivity index (χ0v) is 16.3. The summed E-state index contributed by atoms with van der Waals surface area (Å²) >= 11 is 0. The summed E-state index contributed by atoms with van der Waals surface area (Å²) in [6.07, 6.45) is -6.87. The molecular formula is C22H24F4N2O2. The maximum atomic E-state index is 14.4. The average molecular weight is 424 g/mol. The summed E-state index contributed by atoms with van der Waals surface area (Å²) in [5.74, 6) is -0.636. The summed E-state index contributed by atoms with van der Waals surface area (Å²) < 4.78 is 53.4. The van der Waals surface area contributed by atoms with Crippen molar-refractivity contribution in [2.45, 2.75) is 43.4 Å². The lowest BCUT2D eigenvalue weighted by Crippen LogP contribution is -2.51. The minimum atomic E-state index is -4.49. The number of nitrogens with two attached hydrogens (primary N) is 1. The van der Waals surface area contributed by atoms with Gasteiger partial charge in [-0.25, -0.2) is 4.39 Å². The zero-order valence-electron chi connectivity index (χ0n) is 16.3. The molecule has 0 spiro atoms. The maximum absolute atomic E-state index is 14.4. The van der Waals surface area contributed by atoms with Crippen LogP contribution in [-0.2, 0) is 11.8 Å². The number of hydrogen-bond donors (Lipinski definition) is 2. The number of rotatable bonds is 6. The van der Waals surface area contributed by atoms with E-state index in [2.05, 4.69) is 0 Å². The van der Waals surface area contributed by atoms with Crippen LogP contribution < -0.4 is 5.73 Å². The number of Topliss-reactive ketones (excluding diaryl/α,β-unsaturated/α-hetero) is 1. The lowest BCUT2D eigenvalue weighted by Gasteiger charge is -2.41. The lowest BCUT2D eigenvalue weighted by molar-refractivity contribution is -0.137. The van der Waals surface area contributed by atoms with Crippen molar-refractivity contribution in [3.63, 3.8) is 0 Å². The van der Waals surface area contributed by atoms with Crippen LogP contribution in [0.3, 0.4) is 0 Å². The van der Waals surface area contributed by atoms with E-state index in [1.807, 2.05) is 0 Å². The van der Waals surface area contributed by atoms with Crippen LogP contribution in [0.1, 0.15) is 40.7 Å². The van der Waals surface area contributed by atoms with Crippen molar-refractivity contribution >= 4 is 5.78 Å². The van der Waals surface area contributed by atoms with E-state index in [1.54, 1.807) is 23.1 Å². The number of benzene rings is 2. The molecule has 1 saturated heterocycles. The van der Waals surface area contributed by atoms with Gasteiger partial charge >= 0.3 is 6.18 Å². The van der Waals surface area contributed by atoms with Crippen LogP contribution in [0.15, 0.2) is 54.6 Å². The predicted octanol–water partition coefficient (Wildman–Crippen LogP) is 3.88. The zero-order chi connectivity index (χ0) is 21.9. The number of likely N-dealkylation sites (tertiary alicyclic amines) is 1. The van der Waals surface area contributed by atoms with Gasteiger partial charge in [0, 0.05) is 25.1 Å². The molecule has 162 valence electrons. The summed E-state index contributed by atoms with van der Waals surface area (Å²) in [5, 5.41) is 10.9. The molecule has 0 aliphatic carbocycles. The van der Waals surface area contributed by atoms with Gasteiger partial charge in [-0.2, -0.15) is 13.2 Å². The van der Waals surface area contributed by atoms with Crippen molar-refractivity contribution in [1.29, 1.82) is 0 Å². The van der Waals surface area contributed by atoms with E-state index in [0.717, 1.165) is 12.1 Å². The Morgan fingerprint density at radius 3 is 2.33 bits per heavy atom. The van der Waals surface area contributed by atoms with E-state index in [1.165, 1.54) is 24.3 Å². The van der Waals surface area contributed by atoms with Gasteiger partial charge in [0.2, 0.25) is 0 Å². The lowest BCUT2D eigenvalue weighted by atomic mass is 9.83. The number of halogens is 4. The standard InChI is InChI=1S/C22H24F4N2O2/c23-18(20(29)15-5-2-1-3-6-15)14-19(27)28-11-9-21(30,10-12-28)16-7-4-8-17(13-16)22(24,25)26/h1-8,13,18-19,30H,9-12,14,27H2. The topological polar surface area (TPSA) is 66.6 Å². The number of aliphatic hydroxyl groups is 1. The van der Waals surface area contributed by atoms with E-state index in [0.29, 0.717) is 0 Å². The molecule has 2 atom stereocenters. The maximum Gasteiger partial charge on any atom is 0.416 e. The predicted molar refractivity (Wildman–Crippen MR) is 104 cm³/mol. The molecule has 3 rings (SSSR count). The Bertz CT molecular complexity index is 865. The molecule has 2 aromatic rings. The number of piperidine rings is 1. The molecule has 0 bridgehead atoms. The molecule has 2 aromatic carbocycles. The molecule has 0 radical (unpaired) electrons. The largest absolute Gasteiger partial charge is 0.416 e. The second-order valence-corrected chi connectivity index (χ2v) is 7.65. The molecule has 2 unspecified atom stereocenters. The normalized spacial score (nSPS) is 19.3. The third-order valence-electron chi connectivity index (χ3n) is 5.61. The molecule has 0 aromatic heterocycles. The van der Waals surface area contributed by atoms with Crippen molar-refractivity contribution < 1.29 is 27.5 Å². The molecule has 30 heavy (non-hydrogen) atoms. The van der Waals surface area contributed by atoms with Crippen LogP contribution in [0.4, 0.5) is 17.6 Å². The second-order valence-electron chi connectivity index (χ2n) is 7.65. The van der Waals surface area contributed by atoms with Gasteiger partial charge in [0.1, 0.15) is 0 Å². The Hall–Kier alpha value is -2.29. The minimum Gasteiger partial charge on any atom is -0.385 e. The summed E-state index contributed by atoms with van der Waals surface area (Å²) in [4.78, 5) is 13.9. The van der Waals surface area contributed by atoms with Crippen LogP contribution in [-0.4, -0.2) is 41.2 Å². The Kier molecular flexibility index (Phi) is 6.59. The Labute approximate surface area is 172 Å². The van der Waals surface area contributed by atoms with Crippen molar-refractivity contribution in [2.24, 2.45) is 5.73 Å². The van der Waals surface area contributed by atoms with Gasteiger partial charge < -0.3 is 10.8 Å². The van der Waals surface area contributed by atoms with Crippen molar-refractivity contribution in [1.82, 2.24) is 4.90 Å². The molecular weight excluding hydrogens is 400 g/mol. The number of carbonyl (C=O) groups is 1. The van der Waals surface area contributed by atoms with Gasteiger partial charge in [-0.3, -0.25) is 9.69 Å². The van der Waals surface area contributed by atoms with E-state index in [4.69, 9.17) is 5.73 Å². The molecule has 0 saturated carbocycles. The summed E-state index contributed by atoms with van der Waals surface area (Å²) in [6.45, 7) is 0.556. The van der Waals surface area contributed by atoms with Gasteiger partial charge in [0.25, 0.3) is 0 Å². The molecule has 1 aliphatic rings. The molecule has 1 heterocycles. The van der Waals surface area contributed by atoms with Gasteiger partial charge in [0.05, 0.1) is 17.3 Å². The van der Waals surface area contributed by atoms with Gasteiger partial charge in [-0.1, -0.05) is 42.5 Å². The Morgan fingerprint density at radius 1 is 1.10 bits per heavy atom. The van der Waals surface area contributed by atoms with Crippen LogP contribution in [0.25, 0.3) is 0 Å². The van der Waals surface area contributed by atoms with Crippen LogP contribution in [0, 0.1) is 0 Å². The monoisotopic (exact) mass is 424 g/mol. The first-order valence-corrected chi connectivity index (χ1v) is 9.73. The SMILES string of the molecule is NC(CC(F)C(=O)c1ccccc1)N1CCC(O)(c2cccc(C(F)(F)F)c2)CC1. The molecule has 0 amide bonds. The van der Waals surface area contributed by atoms with Crippen molar-refractivity contribution in [3.05, 3.63) is 71.3 Å². The van der Waals surface area contributed by atoms with Crippen LogP contribution in [0.5, 0.6) is 0 Å².